The summed E-state index contributed by atoms with van der Waals surface area (Å²) in [5.41, 5.74) is 0. The molecule has 0 aromatic carbocycles. The average Bonchev–Trinajstić information content (AvgIpc) is 2.87. The first-order chi connectivity index (χ1) is 6.68. The van der Waals surface area contributed by atoms with Crippen LogP contribution in [0.2, 0.25) is 0 Å². The molecule has 1 saturated carbocycles. The Balaban J connectivity index is 1.90. The predicted octanol–water partition coefficient (Wildman–Crippen LogP) is 0.623. The largest absolute Gasteiger partial charge is 0.481 e. The summed E-state index contributed by atoms with van der Waals surface area (Å²) in [6, 6.07) is 0. The van der Waals surface area contributed by atoms with E-state index in [1.807, 2.05) is 0 Å². The highest BCUT2D eigenvalue weighted by Crippen LogP contribution is 2.36. The van der Waals surface area contributed by atoms with Crippen LogP contribution in [-0.4, -0.2) is 23.5 Å². The van der Waals surface area contributed by atoms with Crippen LogP contribution in [0.1, 0.15) is 25.7 Å². The van der Waals surface area contributed by atoms with Gasteiger partial charge in [-0.05, 0) is 18.8 Å². The third kappa shape index (κ3) is 1.89. The van der Waals surface area contributed by atoms with Gasteiger partial charge in [0.25, 0.3) is 0 Å². The lowest BCUT2D eigenvalue weighted by Crippen LogP contribution is -2.24. The Labute approximate surface area is 82.7 Å². The van der Waals surface area contributed by atoms with Gasteiger partial charge < -0.3 is 10.4 Å². The van der Waals surface area contributed by atoms with Gasteiger partial charge in [-0.15, -0.1) is 0 Å². The first-order valence-electron chi connectivity index (χ1n) is 5.19. The Bertz CT molecular complexity index is 260. The molecule has 4 heteroatoms. The van der Waals surface area contributed by atoms with Crippen LogP contribution < -0.4 is 5.32 Å². The molecule has 1 heterocycles. The number of carboxylic acid groups (broad SMARTS) is 1. The highest BCUT2D eigenvalue weighted by Gasteiger charge is 2.39. The van der Waals surface area contributed by atoms with E-state index in [0.29, 0.717) is 6.54 Å². The predicted molar refractivity (Wildman–Crippen MR) is 49.6 cm³/mol. The van der Waals surface area contributed by atoms with Gasteiger partial charge in [0.05, 0.1) is 11.8 Å². The van der Waals surface area contributed by atoms with Crippen molar-refractivity contribution < 1.29 is 14.7 Å². The molecule has 0 radical (unpaired) electrons. The fourth-order valence-corrected chi connectivity index (χ4v) is 2.08. The highest BCUT2D eigenvalue weighted by atomic mass is 16.4. The Morgan fingerprint density at radius 2 is 2.14 bits per heavy atom. The van der Waals surface area contributed by atoms with Crippen LogP contribution in [0, 0.1) is 17.8 Å². The van der Waals surface area contributed by atoms with Crippen LogP contribution in [0.4, 0.5) is 0 Å². The van der Waals surface area contributed by atoms with E-state index in [4.69, 9.17) is 5.11 Å². The second-order valence-corrected chi connectivity index (χ2v) is 4.32. The van der Waals surface area contributed by atoms with Gasteiger partial charge in [-0.3, -0.25) is 9.59 Å². The molecule has 2 rings (SSSR count). The fraction of sp³-hybridized carbons (Fsp3) is 0.800. The molecule has 0 aromatic rings. The minimum Gasteiger partial charge on any atom is -0.481 e. The number of hydrogen-bond acceptors (Lipinski definition) is 2. The minimum atomic E-state index is -0.843. The second kappa shape index (κ2) is 3.59. The van der Waals surface area contributed by atoms with Crippen LogP contribution in [0.3, 0.4) is 0 Å². The molecular weight excluding hydrogens is 182 g/mol. The lowest BCUT2D eigenvalue weighted by molar-refractivity contribution is -0.144. The summed E-state index contributed by atoms with van der Waals surface area (Å²) in [7, 11) is 0. The van der Waals surface area contributed by atoms with Gasteiger partial charge >= 0.3 is 5.97 Å². The first-order valence-corrected chi connectivity index (χ1v) is 5.19. The van der Waals surface area contributed by atoms with Crippen molar-refractivity contribution in [2.75, 3.05) is 6.54 Å². The fourth-order valence-electron chi connectivity index (χ4n) is 2.08. The quantitative estimate of drug-likeness (QED) is 0.694. The van der Waals surface area contributed by atoms with Crippen molar-refractivity contribution >= 4 is 11.9 Å². The maximum atomic E-state index is 11.3. The average molecular weight is 197 g/mol. The van der Waals surface area contributed by atoms with Crippen molar-refractivity contribution in [3.8, 4) is 0 Å². The van der Waals surface area contributed by atoms with E-state index in [1.54, 1.807) is 0 Å². The van der Waals surface area contributed by atoms with Crippen LogP contribution >= 0.6 is 0 Å². The van der Waals surface area contributed by atoms with Crippen molar-refractivity contribution in [2.45, 2.75) is 25.7 Å². The van der Waals surface area contributed by atoms with Gasteiger partial charge in [-0.25, -0.2) is 0 Å². The number of amides is 1. The normalized spacial score (nSPS) is 31.6. The summed E-state index contributed by atoms with van der Waals surface area (Å²) < 4.78 is 0. The summed E-state index contributed by atoms with van der Waals surface area (Å²) in [6.07, 6.45) is 4.27. The summed E-state index contributed by atoms with van der Waals surface area (Å²) >= 11 is 0. The number of carbonyl (C=O) groups is 2. The Morgan fingerprint density at radius 1 is 1.43 bits per heavy atom. The number of rotatable bonds is 4. The molecule has 1 amide bonds. The monoisotopic (exact) mass is 197 g/mol. The molecule has 2 N–H and O–H groups in total. The second-order valence-electron chi connectivity index (χ2n) is 4.32. The van der Waals surface area contributed by atoms with Crippen LogP contribution in [0.15, 0.2) is 0 Å². The van der Waals surface area contributed by atoms with Gasteiger partial charge in [0.2, 0.25) is 5.91 Å². The maximum absolute atomic E-state index is 11.3. The van der Waals surface area contributed by atoms with Gasteiger partial charge in [-0.2, -0.15) is 0 Å². The molecule has 2 unspecified atom stereocenters. The molecule has 2 atom stereocenters. The Hall–Kier alpha value is -1.06. The Kier molecular flexibility index (Phi) is 2.44. The molecule has 1 aliphatic carbocycles. The van der Waals surface area contributed by atoms with E-state index in [1.165, 1.54) is 12.8 Å². The van der Waals surface area contributed by atoms with Gasteiger partial charge in [0.1, 0.15) is 0 Å². The standard InChI is InChI=1S/C10H15NO3/c12-9-7(4-3-6-1-2-6)8(5-11-9)10(13)14/h6-8H,1-5H2,(H,11,12)(H,13,14). The van der Waals surface area contributed by atoms with E-state index in [9.17, 15) is 9.59 Å². The van der Waals surface area contributed by atoms with E-state index in [0.717, 1.165) is 18.8 Å². The molecule has 2 fully saturated rings. The summed E-state index contributed by atoms with van der Waals surface area (Å²) in [6.45, 7) is 0.309. The lowest BCUT2D eigenvalue weighted by atomic mass is 9.90. The van der Waals surface area contributed by atoms with E-state index < -0.39 is 11.9 Å². The Morgan fingerprint density at radius 3 is 2.71 bits per heavy atom. The lowest BCUT2D eigenvalue weighted by Gasteiger charge is -2.11. The van der Waals surface area contributed by atoms with E-state index in [-0.39, 0.29) is 11.8 Å². The van der Waals surface area contributed by atoms with Crippen molar-refractivity contribution in [1.82, 2.24) is 5.32 Å². The number of aliphatic carboxylic acids is 1. The van der Waals surface area contributed by atoms with E-state index in [2.05, 4.69) is 5.32 Å². The zero-order valence-corrected chi connectivity index (χ0v) is 8.03. The molecule has 14 heavy (non-hydrogen) atoms. The summed E-state index contributed by atoms with van der Waals surface area (Å²) in [4.78, 5) is 22.2. The zero-order valence-electron chi connectivity index (χ0n) is 8.03. The smallest absolute Gasteiger partial charge is 0.309 e. The number of nitrogens with one attached hydrogen (secondary N) is 1. The van der Waals surface area contributed by atoms with E-state index >= 15 is 0 Å². The molecule has 78 valence electrons. The van der Waals surface area contributed by atoms with Gasteiger partial charge in [-0.1, -0.05) is 12.8 Å². The molecule has 0 aromatic heterocycles. The molecule has 0 spiro atoms. The number of carbonyl (C=O) groups excluding carboxylic acids is 1. The molecule has 4 nitrogen and oxygen atoms in total. The molecule has 1 aliphatic heterocycles. The SMILES string of the molecule is O=C(O)C1CNC(=O)C1CCC1CC1. The molecule has 0 bridgehead atoms. The van der Waals surface area contributed by atoms with Crippen molar-refractivity contribution in [2.24, 2.45) is 17.8 Å². The minimum absolute atomic E-state index is 0.0712. The zero-order chi connectivity index (χ0) is 10.1. The topological polar surface area (TPSA) is 66.4 Å². The summed E-state index contributed by atoms with van der Waals surface area (Å²) in [5.74, 6) is -0.936. The third-order valence-electron chi connectivity index (χ3n) is 3.22. The number of hydrogen-bond donors (Lipinski definition) is 2. The first kappa shape index (κ1) is 9.49. The van der Waals surface area contributed by atoms with Crippen LogP contribution in [-0.2, 0) is 9.59 Å². The van der Waals surface area contributed by atoms with Crippen molar-refractivity contribution in [1.29, 1.82) is 0 Å². The van der Waals surface area contributed by atoms with Crippen LogP contribution in [0.5, 0.6) is 0 Å². The van der Waals surface area contributed by atoms with Crippen LogP contribution in [0.25, 0.3) is 0 Å². The van der Waals surface area contributed by atoms with Gasteiger partial charge in [0, 0.05) is 6.54 Å². The molecular formula is C10H15NO3. The third-order valence-corrected chi connectivity index (χ3v) is 3.22. The number of carboxylic acids is 1. The van der Waals surface area contributed by atoms with Gasteiger partial charge in [0.15, 0.2) is 0 Å². The molecule has 1 saturated heterocycles. The summed E-state index contributed by atoms with van der Waals surface area (Å²) in [5, 5.41) is 11.5. The van der Waals surface area contributed by atoms with Crippen molar-refractivity contribution in [3.63, 3.8) is 0 Å². The molecule has 2 aliphatic rings. The van der Waals surface area contributed by atoms with Crippen molar-refractivity contribution in [3.05, 3.63) is 0 Å². The highest BCUT2D eigenvalue weighted by molar-refractivity contribution is 5.88. The maximum Gasteiger partial charge on any atom is 0.309 e.